The first-order valence-electron chi connectivity index (χ1n) is 8.64. The third-order valence-electron chi connectivity index (χ3n) is 3.88. The predicted molar refractivity (Wildman–Crippen MR) is 95.1 cm³/mol. The molecule has 1 rings (SSSR count). The van der Waals surface area contributed by atoms with Gasteiger partial charge in [-0.3, -0.25) is 0 Å². The standard InChI is InChI=1S/C19H30FNO4/c1-5-24-12-6-11-19(14-22,15-7-9-16(20)10-8-15)13-21-17(23)25-18(2,3)4/h7-10,22H,5-6,11-14H2,1-4H3,(H,21,23). The Morgan fingerprint density at radius 3 is 2.40 bits per heavy atom. The van der Waals surface area contributed by atoms with Gasteiger partial charge >= 0.3 is 6.09 Å². The Hall–Kier alpha value is -1.66. The van der Waals surface area contributed by atoms with Crippen LogP contribution in [0.15, 0.2) is 24.3 Å². The van der Waals surface area contributed by atoms with Crippen LogP contribution in [0.25, 0.3) is 0 Å². The maximum atomic E-state index is 13.3. The molecule has 2 N–H and O–H groups in total. The van der Waals surface area contributed by atoms with Crippen LogP contribution in [0.2, 0.25) is 0 Å². The zero-order valence-corrected chi connectivity index (χ0v) is 15.6. The first-order valence-corrected chi connectivity index (χ1v) is 8.64. The van der Waals surface area contributed by atoms with E-state index in [4.69, 9.17) is 9.47 Å². The van der Waals surface area contributed by atoms with Crippen LogP contribution >= 0.6 is 0 Å². The van der Waals surface area contributed by atoms with Crippen molar-refractivity contribution in [1.82, 2.24) is 5.32 Å². The molecule has 25 heavy (non-hydrogen) atoms. The second-order valence-electron chi connectivity index (χ2n) is 7.10. The Kier molecular flexibility index (Phi) is 8.32. The molecule has 0 radical (unpaired) electrons. The molecule has 0 aliphatic carbocycles. The van der Waals surface area contributed by atoms with Crippen LogP contribution < -0.4 is 5.32 Å². The largest absolute Gasteiger partial charge is 0.444 e. The van der Waals surface area contributed by atoms with E-state index in [1.807, 2.05) is 6.92 Å². The van der Waals surface area contributed by atoms with Crippen LogP contribution in [0.3, 0.4) is 0 Å². The predicted octanol–water partition coefficient (Wildman–Crippen LogP) is 3.40. The molecule has 1 aromatic carbocycles. The van der Waals surface area contributed by atoms with Crippen molar-refractivity contribution < 1.29 is 23.8 Å². The molecule has 1 unspecified atom stereocenters. The van der Waals surface area contributed by atoms with Crippen LogP contribution in [0, 0.1) is 5.82 Å². The maximum absolute atomic E-state index is 13.3. The third-order valence-corrected chi connectivity index (χ3v) is 3.88. The van der Waals surface area contributed by atoms with Gasteiger partial charge in [0.1, 0.15) is 11.4 Å². The van der Waals surface area contributed by atoms with Gasteiger partial charge in [0.15, 0.2) is 0 Å². The number of alkyl carbamates (subject to hydrolysis) is 1. The summed E-state index contributed by atoms with van der Waals surface area (Å²) in [4.78, 5) is 12.0. The van der Waals surface area contributed by atoms with Gasteiger partial charge in [0.25, 0.3) is 0 Å². The monoisotopic (exact) mass is 355 g/mol. The van der Waals surface area contributed by atoms with E-state index in [-0.39, 0.29) is 19.0 Å². The molecule has 1 aromatic rings. The van der Waals surface area contributed by atoms with Crippen LogP contribution in [0.1, 0.15) is 46.1 Å². The minimum Gasteiger partial charge on any atom is -0.444 e. The number of carbonyl (C=O) groups is 1. The Labute approximate surface area is 149 Å². The molecule has 1 amide bonds. The second kappa shape index (κ2) is 9.73. The van der Waals surface area contributed by atoms with E-state index in [1.165, 1.54) is 12.1 Å². The van der Waals surface area contributed by atoms with Crippen molar-refractivity contribution in [1.29, 1.82) is 0 Å². The van der Waals surface area contributed by atoms with Gasteiger partial charge in [0, 0.05) is 25.2 Å². The van der Waals surface area contributed by atoms with Crippen LogP contribution in [-0.2, 0) is 14.9 Å². The number of amides is 1. The zero-order valence-electron chi connectivity index (χ0n) is 15.6. The first kappa shape index (κ1) is 21.4. The number of aliphatic hydroxyl groups excluding tert-OH is 1. The Balaban J connectivity index is 2.88. The molecule has 0 saturated heterocycles. The molecule has 0 bridgehead atoms. The van der Waals surface area contributed by atoms with Gasteiger partial charge in [0.05, 0.1) is 6.61 Å². The molecule has 5 nitrogen and oxygen atoms in total. The van der Waals surface area contributed by atoms with E-state index in [0.717, 1.165) is 5.56 Å². The lowest BCUT2D eigenvalue weighted by atomic mass is 9.77. The Morgan fingerprint density at radius 1 is 1.24 bits per heavy atom. The lowest BCUT2D eigenvalue weighted by molar-refractivity contribution is 0.0496. The highest BCUT2D eigenvalue weighted by atomic mass is 19.1. The molecule has 6 heteroatoms. The highest BCUT2D eigenvalue weighted by Crippen LogP contribution is 2.29. The number of rotatable bonds is 9. The number of nitrogens with one attached hydrogen (secondary N) is 1. The smallest absolute Gasteiger partial charge is 0.407 e. The third kappa shape index (κ3) is 7.40. The molecule has 0 aliphatic heterocycles. The summed E-state index contributed by atoms with van der Waals surface area (Å²) in [6.45, 7) is 8.47. The summed E-state index contributed by atoms with van der Waals surface area (Å²) in [5.41, 5.74) is -0.553. The molecule has 0 spiro atoms. The van der Waals surface area contributed by atoms with Crippen molar-refractivity contribution >= 4 is 6.09 Å². The summed E-state index contributed by atoms with van der Waals surface area (Å²) in [5, 5.41) is 12.8. The number of aliphatic hydroxyl groups is 1. The molecule has 0 saturated carbocycles. The quantitative estimate of drug-likeness (QED) is 0.666. The number of carbonyl (C=O) groups excluding carboxylic acids is 1. The van der Waals surface area contributed by atoms with Gasteiger partial charge in [-0.2, -0.15) is 0 Å². The molecule has 0 aromatic heterocycles. The molecule has 0 aliphatic rings. The summed E-state index contributed by atoms with van der Waals surface area (Å²) >= 11 is 0. The van der Waals surface area contributed by atoms with Crippen molar-refractivity contribution in [2.45, 2.75) is 51.6 Å². The molecule has 0 heterocycles. The number of hydrogen-bond acceptors (Lipinski definition) is 4. The normalized spacial score (nSPS) is 14.0. The SMILES string of the molecule is CCOCCCC(CO)(CNC(=O)OC(C)(C)C)c1ccc(F)cc1. The molecular formula is C19H30FNO4. The average Bonchev–Trinajstić information content (AvgIpc) is 2.54. The van der Waals surface area contributed by atoms with E-state index < -0.39 is 17.1 Å². The van der Waals surface area contributed by atoms with Crippen LogP contribution in [0.5, 0.6) is 0 Å². The van der Waals surface area contributed by atoms with Crippen molar-refractivity contribution in [3.05, 3.63) is 35.6 Å². The van der Waals surface area contributed by atoms with E-state index >= 15 is 0 Å². The highest BCUT2D eigenvalue weighted by Gasteiger charge is 2.32. The fourth-order valence-corrected chi connectivity index (χ4v) is 2.58. The average molecular weight is 355 g/mol. The van der Waals surface area contributed by atoms with Crippen molar-refractivity contribution in [3.63, 3.8) is 0 Å². The molecule has 142 valence electrons. The highest BCUT2D eigenvalue weighted by molar-refractivity contribution is 5.67. The number of halogens is 1. The minimum absolute atomic E-state index is 0.180. The van der Waals surface area contributed by atoms with Gasteiger partial charge in [0.2, 0.25) is 0 Å². The van der Waals surface area contributed by atoms with Crippen LogP contribution in [0.4, 0.5) is 9.18 Å². The van der Waals surface area contributed by atoms with E-state index in [9.17, 15) is 14.3 Å². The number of hydrogen-bond donors (Lipinski definition) is 2. The fourth-order valence-electron chi connectivity index (χ4n) is 2.58. The van der Waals surface area contributed by atoms with Gasteiger partial charge in [-0.1, -0.05) is 12.1 Å². The van der Waals surface area contributed by atoms with Crippen molar-refractivity contribution in [3.8, 4) is 0 Å². The first-order chi connectivity index (χ1) is 11.7. The number of benzene rings is 1. The molecular weight excluding hydrogens is 325 g/mol. The Morgan fingerprint density at radius 2 is 1.88 bits per heavy atom. The lowest BCUT2D eigenvalue weighted by Gasteiger charge is -2.33. The minimum atomic E-state index is -0.721. The lowest BCUT2D eigenvalue weighted by Crippen LogP contribution is -2.45. The summed E-state index contributed by atoms with van der Waals surface area (Å²) < 4.78 is 23.9. The topological polar surface area (TPSA) is 67.8 Å². The molecule has 0 fully saturated rings. The van der Waals surface area contributed by atoms with E-state index in [1.54, 1.807) is 32.9 Å². The van der Waals surface area contributed by atoms with E-state index in [2.05, 4.69) is 5.32 Å². The van der Waals surface area contributed by atoms with Crippen LogP contribution in [-0.4, -0.2) is 43.2 Å². The molecule has 1 atom stereocenters. The van der Waals surface area contributed by atoms with Gasteiger partial charge in [-0.05, 0) is 58.2 Å². The van der Waals surface area contributed by atoms with Gasteiger partial charge in [-0.15, -0.1) is 0 Å². The second-order valence-corrected chi connectivity index (χ2v) is 7.10. The van der Waals surface area contributed by atoms with Crippen molar-refractivity contribution in [2.24, 2.45) is 0 Å². The fraction of sp³-hybridized carbons (Fsp3) is 0.632. The summed E-state index contributed by atoms with van der Waals surface area (Å²) in [6.07, 6.45) is 0.754. The summed E-state index contributed by atoms with van der Waals surface area (Å²) in [6, 6.07) is 6.00. The van der Waals surface area contributed by atoms with E-state index in [0.29, 0.717) is 26.1 Å². The summed E-state index contributed by atoms with van der Waals surface area (Å²) in [7, 11) is 0. The Bertz CT molecular complexity index is 527. The van der Waals surface area contributed by atoms with Gasteiger partial charge in [-0.25, -0.2) is 9.18 Å². The summed E-state index contributed by atoms with van der Waals surface area (Å²) in [5.74, 6) is -0.343. The maximum Gasteiger partial charge on any atom is 0.407 e. The number of ether oxygens (including phenoxy) is 2. The zero-order chi connectivity index (χ0) is 18.9. The van der Waals surface area contributed by atoms with Gasteiger partial charge < -0.3 is 19.9 Å². The van der Waals surface area contributed by atoms with Crippen molar-refractivity contribution in [2.75, 3.05) is 26.4 Å².